The Labute approximate surface area is 184 Å². The number of aromatic nitrogens is 5. The topological polar surface area (TPSA) is 48.5 Å². The van der Waals surface area contributed by atoms with E-state index < -0.39 is 0 Å². The number of hydrogen-bond donors (Lipinski definition) is 0. The van der Waals surface area contributed by atoms with Crippen LogP contribution in [0.15, 0.2) is 87.9 Å². The second-order valence-electron chi connectivity index (χ2n) is 6.65. The van der Waals surface area contributed by atoms with Crippen molar-refractivity contribution in [3.63, 3.8) is 0 Å². The summed E-state index contributed by atoms with van der Waals surface area (Å²) in [4.78, 5) is 0. The maximum atomic E-state index is 4.91. The van der Waals surface area contributed by atoms with Crippen LogP contribution < -0.4 is 0 Å². The highest BCUT2D eigenvalue weighted by Gasteiger charge is 2.16. The normalized spacial score (nSPS) is 11.2. The molecule has 5 rings (SSSR count). The minimum atomic E-state index is 0.582. The van der Waals surface area contributed by atoms with E-state index in [9.17, 15) is 0 Å². The first kappa shape index (κ1) is 18.3. The van der Waals surface area contributed by atoms with Crippen molar-refractivity contribution in [3.8, 4) is 16.9 Å². The van der Waals surface area contributed by atoms with Crippen molar-refractivity contribution in [3.05, 3.63) is 93.5 Å². The van der Waals surface area contributed by atoms with E-state index in [1.165, 1.54) is 0 Å². The van der Waals surface area contributed by atoms with Crippen LogP contribution in [-0.2, 0) is 6.54 Å². The molecule has 3 aromatic carbocycles. The molecule has 0 spiro atoms. The molecule has 0 N–H and O–H groups in total. The molecule has 7 heteroatoms. The summed E-state index contributed by atoms with van der Waals surface area (Å²) in [6.45, 7) is 0.582. The molecule has 2 aromatic heterocycles. The number of benzene rings is 3. The van der Waals surface area contributed by atoms with E-state index in [2.05, 4.69) is 60.5 Å². The van der Waals surface area contributed by atoms with Crippen molar-refractivity contribution >= 4 is 42.9 Å². The summed E-state index contributed by atoms with van der Waals surface area (Å²) in [5.74, 6) is 0. The zero-order chi connectivity index (χ0) is 19.8. The van der Waals surface area contributed by atoms with E-state index in [1.807, 2.05) is 70.0 Å². The second kappa shape index (κ2) is 7.57. The van der Waals surface area contributed by atoms with E-state index in [-0.39, 0.29) is 0 Å². The highest BCUT2D eigenvalue weighted by molar-refractivity contribution is 9.11. The molecule has 0 atom stereocenters. The number of rotatable bonds is 4. The van der Waals surface area contributed by atoms with E-state index in [1.54, 1.807) is 0 Å². The Morgan fingerprint density at radius 2 is 1.66 bits per heavy atom. The molecule has 0 saturated heterocycles. The Hall–Kier alpha value is -2.77. The van der Waals surface area contributed by atoms with Crippen LogP contribution in [0.1, 0.15) is 5.56 Å². The molecule has 0 fully saturated rings. The van der Waals surface area contributed by atoms with Gasteiger partial charge in [-0.3, -0.25) is 0 Å². The van der Waals surface area contributed by atoms with Gasteiger partial charge in [0.05, 0.1) is 23.4 Å². The van der Waals surface area contributed by atoms with Gasteiger partial charge in [0.1, 0.15) is 5.52 Å². The molecule has 5 aromatic rings. The van der Waals surface area contributed by atoms with Crippen molar-refractivity contribution in [2.45, 2.75) is 6.54 Å². The maximum Gasteiger partial charge on any atom is 0.113 e. The van der Waals surface area contributed by atoms with Gasteiger partial charge in [-0.25, -0.2) is 9.36 Å². The third kappa shape index (κ3) is 3.52. The van der Waals surface area contributed by atoms with Crippen LogP contribution in [0.25, 0.3) is 28.0 Å². The number of para-hydroxylation sites is 1. The average molecular weight is 509 g/mol. The molecule has 0 aliphatic heterocycles. The fourth-order valence-corrected chi connectivity index (χ4v) is 4.58. The van der Waals surface area contributed by atoms with Crippen molar-refractivity contribution in [2.75, 3.05) is 0 Å². The van der Waals surface area contributed by atoms with Gasteiger partial charge in [-0.05, 0) is 46.3 Å². The van der Waals surface area contributed by atoms with E-state index in [0.717, 1.165) is 42.5 Å². The molecule has 142 valence electrons. The van der Waals surface area contributed by atoms with Crippen molar-refractivity contribution in [1.82, 2.24) is 24.8 Å². The lowest BCUT2D eigenvalue weighted by atomic mass is 10.1. The maximum absolute atomic E-state index is 4.91. The lowest BCUT2D eigenvalue weighted by molar-refractivity contribution is 0.670. The third-order valence-electron chi connectivity index (χ3n) is 4.73. The Bertz CT molecular complexity index is 1310. The number of fused-ring (bicyclic) bond motifs is 1. The molecular formula is C22H15Br2N5. The summed E-state index contributed by atoms with van der Waals surface area (Å²) in [6, 6.07) is 24.3. The van der Waals surface area contributed by atoms with Crippen LogP contribution in [0.3, 0.4) is 0 Å². The summed E-state index contributed by atoms with van der Waals surface area (Å²) >= 11 is 7.16. The molecule has 29 heavy (non-hydrogen) atoms. The largest absolute Gasteiger partial charge is 0.240 e. The lowest BCUT2D eigenvalue weighted by Gasteiger charge is -2.04. The zero-order valence-electron chi connectivity index (χ0n) is 15.2. The standard InChI is InChI=1S/C22H15Br2N5/c23-17-10-11-20(18(24)12-17)28-13-16(22(26-28)15-6-2-1-3-7-15)14-29-21-9-5-4-8-19(21)25-27-29/h1-13H,14H2. The average Bonchev–Trinajstić information content (AvgIpc) is 3.34. The summed E-state index contributed by atoms with van der Waals surface area (Å²) in [6.07, 6.45) is 2.06. The second-order valence-corrected chi connectivity index (χ2v) is 8.42. The quantitative estimate of drug-likeness (QED) is 0.305. The summed E-state index contributed by atoms with van der Waals surface area (Å²) in [5.41, 5.74) is 5.93. The smallest absolute Gasteiger partial charge is 0.113 e. The first-order valence-electron chi connectivity index (χ1n) is 9.07. The molecule has 0 unspecified atom stereocenters. The van der Waals surface area contributed by atoms with Gasteiger partial charge in [0.15, 0.2) is 0 Å². The van der Waals surface area contributed by atoms with Crippen LogP contribution in [0.4, 0.5) is 0 Å². The first-order valence-corrected chi connectivity index (χ1v) is 10.7. The predicted molar refractivity (Wildman–Crippen MR) is 121 cm³/mol. The monoisotopic (exact) mass is 507 g/mol. The third-order valence-corrected chi connectivity index (χ3v) is 5.86. The van der Waals surface area contributed by atoms with Gasteiger partial charge in [-0.1, -0.05) is 63.6 Å². The summed E-state index contributed by atoms with van der Waals surface area (Å²) in [7, 11) is 0. The number of hydrogen-bond acceptors (Lipinski definition) is 3. The van der Waals surface area contributed by atoms with E-state index in [4.69, 9.17) is 5.10 Å². The molecule has 5 nitrogen and oxygen atoms in total. The molecule has 0 radical (unpaired) electrons. The van der Waals surface area contributed by atoms with Crippen molar-refractivity contribution in [1.29, 1.82) is 0 Å². The molecule has 0 amide bonds. The highest BCUT2D eigenvalue weighted by Crippen LogP contribution is 2.29. The van der Waals surface area contributed by atoms with Crippen molar-refractivity contribution in [2.24, 2.45) is 0 Å². The SMILES string of the molecule is Brc1ccc(-n2cc(Cn3nnc4ccccc43)c(-c3ccccc3)n2)c(Br)c1. The van der Waals surface area contributed by atoms with Gasteiger partial charge in [-0.2, -0.15) is 5.10 Å². The summed E-state index contributed by atoms with van der Waals surface area (Å²) in [5, 5.41) is 13.5. The van der Waals surface area contributed by atoms with E-state index in [0.29, 0.717) is 6.54 Å². The van der Waals surface area contributed by atoms with Gasteiger partial charge < -0.3 is 0 Å². The van der Waals surface area contributed by atoms with Crippen LogP contribution in [-0.4, -0.2) is 24.8 Å². The highest BCUT2D eigenvalue weighted by atomic mass is 79.9. The Balaban J connectivity index is 1.64. The molecule has 0 aliphatic rings. The van der Waals surface area contributed by atoms with Gasteiger partial charge >= 0.3 is 0 Å². The van der Waals surface area contributed by atoms with Crippen LogP contribution in [0.2, 0.25) is 0 Å². The first-order chi connectivity index (χ1) is 14.2. The Kier molecular flexibility index (Phi) is 4.77. The molecular weight excluding hydrogens is 494 g/mol. The van der Waals surface area contributed by atoms with Crippen LogP contribution >= 0.6 is 31.9 Å². The van der Waals surface area contributed by atoms with Gasteiger partial charge in [0, 0.05) is 26.3 Å². The van der Waals surface area contributed by atoms with Gasteiger partial charge in [0.2, 0.25) is 0 Å². The predicted octanol–water partition coefficient (Wildman–Crippen LogP) is 5.86. The minimum Gasteiger partial charge on any atom is -0.240 e. The number of nitrogens with zero attached hydrogens (tertiary/aromatic N) is 5. The lowest BCUT2D eigenvalue weighted by Crippen LogP contribution is -2.02. The van der Waals surface area contributed by atoms with Gasteiger partial charge in [-0.15, -0.1) is 5.10 Å². The number of halogens is 2. The molecule has 0 bridgehead atoms. The van der Waals surface area contributed by atoms with E-state index >= 15 is 0 Å². The fraction of sp³-hybridized carbons (Fsp3) is 0.0455. The van der Waals surface area contributed by atoms with Crippen molar-refractivity contribution < 1.29 is 0 Å². The van der Waals surface area contributed by atoms with Crippen LogP contribution in [0.5, 0.6) is 0 Å². The molecule has 0 saturated carbocycles. The molecule has 0 aliphatic carbocycles. The zero-order valence-corrected chi connectivity index (χ0v) is 18.4. The minimum absolute atomic E-state index is 0.582. The molecule has 2 heterocycles. The Morgan fingerprint density at radius 3 is 2.48 bits per heavy atom. The fourth-order valence-electron chi connectivity index (χ4n) is 3.35. The summed E-state index contributed by atoms with van der Waals surface area (Å²) < 4.78 is 5.80. The Morgan fingerprint density at radius 1 is 0.862 bits per heavy atom. The van der Waals surface area contributed by atoms with Crippen LogP contribution in [0, 0.1) is 0 Å². The van der Waals surface area contributed by atoms with Gasteiger partial charge in [0.25, 0.3) is 0 Å².